The molecule has 0 spiro atoms. The van der Waals surface area contributed by atoms with Gasteiger partial charge in [-0.25, -0.2) is 0 Å². The first-order chi connectivity index (χ1) is 19.8. The van der Waals surface area contributed by atoms with Gasteiger partial charge >= 0.3 is 0 Å². The van der Waals surface area contributed by atoms with E-state index in [4.69, 9.17) is 4.42 Å². The molecule has 0 radical (unpaired) electrons. The highest BCUT2D eigenvalue weighted by Crippen LogP contribution is 2.46. The number of fused-ring (bicyclic) bond motifs is 5. The minimum Gasteiger partial charge on any atom is -0.456 e. The van der Waals surface area contributed by atoms with Crippen LogP contribution in [0.2, 0.25) is 0 Å². The Morgan fingerprint density at radius 2 is 1.05 bits per heavy atom. The Kier molecular flexibility index (Phi) is 5.17. The molecule has 0 bridgehead atoms. The van der Waals surface area contributed by atoms with Crippen LogP contribution in [0.15, 0.2) is 156 Å². The lowest BCUT2D eigenvalue weighted by molar-refractivity contribution is 0.669. The molecule has 0 aliphatic carbocycles. The fourth-order valence-corrected chi connectivity index (χ4v) is 6.02. The monoisotopic (exact) mass is 511 g/mol. The van der Waals surface area contributed by atoms with E-state index < -0.39 is 0 Å². The molecule has 0 saturated heterocycles. The average Bonchev–Trinajstić information content (AvgIpc) is 3.39. The van der Waals surface area contributed by atoms with Gasteiger partial charge in [0.15, 0.2) is 0 Å². The number of benzene rings is 7. The highest BCUT2D eigenvalue weighted by atomic mass is 16.3. The quantitative estimate of drug-likeness (QED) is 0.234. The van der Waals surface area contributed by atoms with Gasteiger partial charge in [-0.1, -0.05) is 109 Å². The molecule has 0 aliphatic heterocycles. The number of anilines is 3. The van der Waals surface area contributed by atoms with Crippen LogP contribution in [0.4, 0.5) is 17.1 Å². The van der Waals surface area contributed by atoms with Crippen LogP contribution in [0.1, 0.15) is 0 Å². The van der Waals surface area contributed by atoms with Crippen LogP contribution < -0.4 is 4.90 Å². The molecule has 0 N–H and O–H groups in total. The van der Waals surface area contributed by atoms with Gasteiger partial charge in [-0.3, -0.25) is 0 Å². The van der Waals surface area contributed by atoms with E-state index in [1.54, 1.807) is 0 Å². The number of rotatable bonds is 4. The summed E-state index contributed by atoms with van der Waals surface area (Å²) in [5.74, 6) is 0. The molecule has 7 aromatic carbocycles. The normalized spacial score (nSPS) is 11.5. The average molecular weight is 512 g/mol. The molecular weight excluding hydrogens is 486 g/mol. The lowest BCUT2D eigenvalue weighted by atomic mass is 9.94. The predicted molar refractivity (Wildman–Crippen MR) is 169 cm³/mol. The molecule has 0 aliphatic rings. The molecular formula is C38H25NO. The van der Waals surface area contributed by atoms with E-state index in [2.05, 4.69) is 144 Å². The van der Waals surface area contributed by atoms with Crippen molar-refractivity contribution in [1.29, 1.82) is 0 Å². The summed E-state index contributed by atoms with van der Waals surface area (Å²) in [5, 5.41) is 7.11. The zero-order valence-electron chi connectivity index (χ0n) is 21.8. The van der Waals surface area contributed by atoms with E-state index in [0.717, 1.165) is 44.6 Å². The number of hydrogen-bond acceptors (Lipinski definition) is 2. The largest absolute Gasteiger partial charge is 0.456 e. The summed E-state index contributed by atoms with van der Waals surface area (Å²) in [4.78, 5) is 2.40. The van der Waals surface area contributed by atoms with Crippen LogP contribution in [0.5, 0.6) is 0 Å². The van der Waals surface area contributed by atoms with Crippen molar-refractivity contribution in [2.75, 3.05) is 4.90 Å². The molecule has 1 heterocycles. The van der Waals surface area contributed by atoms with Gasteiger partial charge in [0.05, 0.1) is 11.4 Å². The molecule has 0 atom stereocenters. The van der Waals surface area contributed by atoms with Gasteiger partial charge in [0.1, 0.15) is 11.2 Å². The molecule has 0 saturated carbocycles. The second-order valence-electron chi connectivity index (χ2n) is 10.2. The lowest BCUT2D eigenvalue weighted by Crippen LogP contribution is -2.12. The van der Waals surface area contributed by atoms with Crippen molar-refractivity contribution in [3.63, 3.8) is 0 Å². The Bertz CT molecular complexity index is 2170. The van der Waals surface area contributed by atoms with E-state index in [1.165, 1.54) is 27.1 Å². The van der Waals surface area contributed by atoms with Crippen LogP contribution in [0, 0.1) is 0 Å². The molecule has 0 amide bonds. The Balaban J connectivity index is 1.46. The summed E-state index contributed by atoms with van der Waals surface area (Å²) in [6.45, 7) is 0. The maximum atomic E-state index is 6.34. The van der Waals surface area contributed by atoms with E-state index in [9.17, 15) is 0 Å². The third-order valence-electron chi connectivity index (χ3n) is 7.84. The summed E-state index contributed by atoms with van der Waals surface area (Å²) < 4.78 is 6.34. The first-order valence-electron chi connectivity index (χ1n) is 13.6. The molecule has 0 fully saturated rings. The van der Waals surface area contributed by atoms with Crippen molar-refractivity contribution in [1.82, 2.24) is 0 Å². The maximum Gasteiger partial charge on any atom is 0.136 e. The molecule has 1 aromatic heterocycles. The standard InChI is InChI=1S/C38H25NO/c1-2-14-29(15-3-1)39(34-19-10-13-26-11-4-6-16-30(26)34)35-24-22-27-12-5-7-17-31(27)38(35)28-21-23-33-32-18-8-9-20-36(32)40-37(33)25-28/h1-25H. The minimum atomic E-state index is 0.897. The number of para-hydroxylation sites is 2. The van der Waals surface area contributed by atoms with Gasteiger partial charge < -0.3 is 9.32 Å². The Hall–Kier alpha value is -5.34. The van der Waals surface area contributed by atoms with Crippen LogP contribution in [-0.2, 0) is 0 Å². The Morgan fingerprint density at radius 1 is 0.400 bits per heavy atom. The first kappa shape index (κ1) is 22.6. The van der Waals surface area contributed by atoms with E-state index in [1.807, 2.05) is 12.1 Å². The van der Waals surface area contributed by atoms with Crippen LogP contribution in [0.25, 0.3) is 54.6 Å². The topological polar surface area (TPSA) is 16.4 Å². The zero-order chi connectivity index (χ0) is 26.5. The summed E-state index contributed by atoms with van der Waals surface area (Å²) in [6, 6.07) is 53.8. The molecule has 2 nitrogen and oxygen atoms in total. The zero-order valence-corrected chi connectivity index (χ0v) is 21.8. The van der Waals surface area contributed by atoms with E-state index in [-0.39, 0.29) is 0 Å². The summed E-state index contributed by atoms with van der Waals surface area (Å²) in [6.07, 6.45) is 0. The smallest absolute Gasteiger partial charge is 0.136 e. The number of hydrogen-bond donors (Lipinski definition) is 0. The van der Waals surface area contributed by atoms with Crippen molar-refractivity contribution in [2.24, 2.45) is 0 Å². The number of nitrogens with zero attached hydrogens (tertiary/aromatic N) is 1. The number of furan rings is 1. The third kappa shape index (κ3) is 3.58. The first-order valence-corrected chi connectivity index (χ1v) is 13.6. The molecule has 8 aromatic rings. The lowest BCUT2D eigenvalue weighted by Gasteiger charge is -2.29. The van der Waals surface area contributed by atoms with Crippen molar-refractivity contribution in [3.05, 3.63) is 152 Å². The SMILES string of the molecule is c1ccc(N(c2ccc3ccccc3c2-c2ccc3c(c2)oc2ccccc23)c2cccc3ccccc23)cc1. The van der Waals surface area contributed by atoms with Gasteiger partial charge in [0.25, 0.3) is 0 Å². The van der Waals surface area contributed by atoms with Gasteiger partial charge in [0.2, 0.25) is 0 Å². The molecule has 0 unspecified atom stereocenters. The van der Waals surface area contributed by atoms with Gasteiger partial charge in [-0.15, -0.1) is 0 Å². The van der Waals surface area contributed by atoms with Crippen molar-refractivity contribution in [2.45, 2.75) is 0 Å². The minimum absolute atomic E-state index is 0.897. The highest BCUT2D eigenvalue weighted by Gasteiger charge is 2.21. The Morgan fingerprint density at radius 3 is 1.90 bits per heavy atom. The molecule has 2 heteroatoms. The third-order valence-corrected chi connectivity index (χ3v) is 7.84. The summed E-state index contributed by atoms with van der Waals surface area (Å²) in [7, 11) is 0. The molecule has 40 heavy (non-hydrogen) atoms. The van der Waals surface area contributed by atoms with Gasteiger partial charge in [0, 0.05) is 27.4 Å². The van der Waals surface area contributed by atoms with Gasteiger partial charge in [-0.05, 0) is 64.2 Å². The summed E-state index contributed by atoms with van der Waals surface area (Å²) >= 11 is 0. The second-order valence-corrected chi connectivity index (χ2v) is 10.2. The molecule has 188 valence electrons. The van der Waals surface area contributed by atoms with Crippen LogP contribution in [0.3, 0.4) is 0 Å². The molecule has 8 rings (SSSR count). The fraction of sp³-hybridized carbons (Fsp3) is 0. The van der Waals surface area contributed by atoms with E-state index >= 15 is 0 Å². The second kappa shape index (κ2) is 9.14. The van der Waals surface area contributed by atoms with Crippen molar-refractivity contribution in [3.8, 4) is 11.1 Å². The van der Waals surface area contributed by atoms with Crippen molar-refractivity contribution >= 4 is 60.5 Å². The summed E-state index contributed by atoms with van der Waals surface area (Å²) in [5.41, 5.74) is 7.49. The Labute approximate surface area is 232 Å². The highest BCUT2D eigenvalue weighted by molar-refractivity contribution is 6.11. The van der Waals surface area contributed by atoms with Crippen molar-refractivity contribution < 1.29 is 4.42 Å². The predicted octanol–water partition coefficient (Wildman–Crippen LogP) is 11.0. The van der Waals surface area contributed by atoms with Gasteiger partial charge in [-0.2, -0.15) is 0 Å². The maximum absolute atomic E-state index is 6.34. The van der Waals surface area contributed by atoms with Crippen LogP contribution in [-0.4, -0.2) is 0 Å². The fourth-order valence-electron chi connectivity index (χ4n) is 6.02. The van der Waals surface area contributed by atoms with Crippen LogP contribution >= 0.6 is 0 Å². The van der Waals surface area contributed by atoms with E-state index in [0.29, 0.717) is 0 Å².